The van der Waals surface area contributed by atoms with Crippen LogP contribution < -0.4 is 15.0 Å². The molecule has 0 saturated carbocycles. The van der Waals surface area contributed by atoms with Gasteiger partial charge in [0, 0.05) is 32.9 Å². The number of nitrogens with zero attached hydrogens (tertiary/aromatic N) is 2. The van der Waals surface area contributed by atoms with Crippen molar-refractivity contribution < 1.29 is 19.4 Å². The summed E-state index contributed by atoms with van der Waals surface area (Å²) < 4.78 is 5.79. The number of likely N-dealkylation sites (N-methyl/N-ethyl adjacent to an activating group) is 1. The maximum atomic E-state index is 12.0. The van der Waals surface area contributed by atoms with Crippen LogP contribution in [0.1, 0.15) is 0 Å². The molecule has 2 aliphatic rings. The Morgan fingerprint density at radius 1 is 1.39 bits per heavy atom. The molecule has 2 N–H and O–H groups in total. The molecule has 1 aliphatic carbocycles. The largest absolute Gasteiger partial charge is 0.478 e. The molecule has 0 aromatic heterocycles. The predicted octanol–water partition coefficient (Wildman–Crippen LogP) is 0.202. The monoisotopic (exact) mass is 315 g/mol. The summed E-state index contributed by atoms with van der Waals surface area (Å²) in [5.41, 5.74) is 1.84. The standard InChI is InChI=1S/C16H17N3O4/c1-17-16(22)9-7-11(20)14(21)15-13(9)18-10-5-4-8(19(2)3)6-12(10)23-15/h4-7,14-15,21H,1-3H3,(H,17,22). The van der Waals surface area contributed by atoms with Crippen molar-refractivity contribution in [3.63, 3.8) is 0 Å². The van der Waals surface area contributed by atoms with Gasteiger partial charge in [0.15, 0.2) is 18.0 Å². The Kier molecular flexibility index (Phi) is 3.65. The van der Waals surface area contributed by atoms with Crippen LogP contribution >= 0.6 is 0 Å². The molecule has 0 fully saturated rings. The van der Waals surface area contributed by atoms with Crippen molar-refractivity contribution in [3.8, 4) is 5.75 Å². The molecule has 0 saturated heterocycles. The van der Waals surface area contributed by atoms with Gasteiger partial charge in [-0.1, -0.05) is 0 Å². The Bertz CT molecular complexity index is 752. The molecule has 1 heterocycles. The van der Waals surface area contributed by atoms with E-state index in [2.05, 4.69) is 10.3 Å². The van der Waals surface area contributed by atoms with Gasteiger partial charge in [-0.05, 0) is 18.2 Å². The molecule has 2 atom stereocenters. The first kappa shape index (κ1) is 15.2. The average molecular weight is 315 g/mol. The number of aliphatic imine (C=N–C) groups is 1. The van der Waals surface area contributed by atoms with Crippen LogP contribution in [0.4, 0.5) is 11.4 Å². The molecule has 1 aromatic carbocycles. The molecule has 0 radical (unpaired) electrons. The summed E-state index contributed by atoms with van der Waals surface area (Å²) in [5, 5.41) is 12.6. The third-order valence-corrected chi connectivity index (χ3v) is 3.84. The van der Waals surface area contributed by atoms with E-state index in [4.69, 9.17) is 4.74 Å². The van der Waals surface area contributed by atoms with E-state index in [1.165, 1.54) is 7.05 Å². The molecular weight excluding hydrogens is 298 g/mol. The van der Waals surface area contributed by atoms with E-state index < -0.39 is 23.9 Å². The minimum absolute atomic E-state index is 0.120. The number of hydrogen-bond donors (Lipinski definition) is 2. The highest BCUT2D eigenvalue weighted by Crippen LogP contribution is 2.38. The van der Waals surface area contributed by atoms with E-state index in [9.17, 15) is 14.7 Å². The fraction of sp³-hybridized carbons (Fsp3) is 0.312. The zero-order chi connectivity index (χ0) is 16.7. The number of rotatable bonds is 2. The van der Waals surface area contributed by atoms with Gasteiger partial charge in [-0.2, -0.15) is 0 Å². The number of aliphatic hydroxyl groups is 1. The van der Waals surface area contributed by atoms with E-state index >= 15 is 0 Å². The molecule has 1 aromatic rings. The molecule has 1 aliphatic heterocycles. The van der Waals surface area contributed by atoms with Crippen molar-refractivity contribution in [1.29, 1.82) is 0 Å². The van der Waals surface area contributed by atoms with Crippen LogP contribution in [0, 0.1) is 0 Å². The van der Waals surface area contributed by atoms with Gasteiger partial charge in [0.2, 0.25) is 0 Å². The lowest BCUT2D eigenvalue weighted by atomic mass is 9.89. The number of hydrogen-bond acceptors (Lipinski definition) is 6. The molecule has 0 spiro atoms. The van der Waals surface area contributed by atoms with Crippen molar-refractivity contribution in [2.45, 2.75) is 12.2 Å². The van der Waals surface area contributed by atoms with Gasteiger partial charge < -0.3 is 20.1 Å². The van der Waals surface area contributed by atoms with Crippen molar-refractivity contribution >= 4 is 28.8 Å². The maximum absolute atomic E-state index is 12.0. The van der Waals surface area contributed by atoms with Crippen molar-refractivity contribution in [3.05, 3.63) is 29.8 Å². The lowest BCUT2D eigenvalue weighted by Gasteiger charge is -2.32. The highest BCUT2D eigenvalue weighted by molar-refractivity contribution is 6.30. The van der Waals surface area contributed by atoms with Crippen LogP contribution in [-0.2, 0) is 9.59 Å². The quantitative estimate of drug-likeness (QED) is 0.814. The Balaban J connectivity index is 2.11. The first-order chi connectivity index (χ1) is 10.9. The molecular formula is C16H17N3O4. The number of carbonyl (C=O) groups is 2. The summed E-state index contributed by atoms with van der Waals surface area (Å²) in [6.07, 6.45) is -1.25. The van der Waals surface area contributed by atoms with Crippen LogP contribution in [0.3, 0.4) is 0 Å². The minimum atomic E-state index is -1.38. The van der Waals surface area contributed by atoms with E-state index in [1.54, 1.807) is 12.1 Å². The number of carbonyl (C=O) groups excluding carboxylic acids is 2. The van der Waals surface area contributed by atoms with Gasteiger partial charge in [-0.3, -0.25) is 9.59 Å². The molecule has 2 unspecified atom stereocenters. The second-order valence-corrected chi connectivity index (χ2v) is 5.57. The van der Waals surface area contributed by atoms with Crippen molar-refractivity contribution in [2.24, 2.45) is 4.99 Å². The maximum Gasteiger partial charge on any atom is 0.253 e. The summed E-state index contributed by atoms with van der Waals surface area (Å²) in [5.74, 6) is -0.541. The lowest BCUT2D eigenvalue weighted by molar-refractivity contribution is -0.126. The second-order valence-electron chi connectivity index (χ2n) is 5.57. The fourth-order valence-electron chi connectivity index (χ4n) is 2.55. The lowest BCUT2D eigenvalue weighted by Crippen LogP contribution is -2.50. The molecule has 0 bridgehead atoms. The topological polar surface area (TPSA) is 91.2 Å². The van der Waals surface area contributed by atoms with E-state index in [-0.39, 0.29) is 11.3 Å². The highest BCUT2D eigenvalue weighted by atomic mass is 16.5. The SMILES string of the molecule is CNC(=O)C1=CC(=O)C(O)C2Oc3cc(N(C)C)ccc3N=C12. The summed E-state index contributed by atoms with van der Waals surface area (Å²) >= 11 is 0. The first-order valence-electron chi connectivity index (χ1n) is 7.15. The van der Waals surface area contributed by atoms with Gasteiger partial charge >= 0.3 is 0 Å². The van der Waals surface area contributed by atoms with E-state index in [0.29, 0.717) is 11.4 Å². The van der Waals surface area contributed by atoms with Crippen LogP contribution in [0.5, 0.6) is 5.75 Å². The van der Waals surface area contributed by atoms with Crippen LogP contribution in [0.25, 0.3) is 0 Å². The van der Waals surface area contributed by atoms with Gasteiger partial charge in [-0.15, -0.1) is 0 Å². The number of benzene rings is 1. The molecule has 7 heteroatoms. The summed E-state index contributed by atoms with van der Waals surface area (Å²) in [6, 6.07) is 5.43. The zero-order valence-corrected chi connectivity index (χ0v) is 13.0. The van der Waals surface area contributed by atoms with Crippen LogP contribution in [0.15, 0.2) is 34.8 Å². The van der Waals surface area contributed by atoms with E-state index in [0.717, 1.165) is 11.8 Å². The minimum Gasteiger partial charge on any atom is -0.478 e. The zero-order valence-electron chi connectivity index (χ0n) is 13.0. The van der Waals surface area contributed by atoms with Crippen LogP contribution in [0.2, 0.25) is 0 Å². The number of nitrogens with one attached hydrogen (secondary N) is 1. The normalized spacial score (nSPS) is 22.2. The summed E-state index contributed by atoms with van der Waals surface area (Å²) in [7, 11) is 5.25. The van der Waals surface area contributed by atoms with Gasteiger partial charge in [-0.25, -0.2) is 4.99 Å². The molecule has 7 nitrogen and oxygen atoms in total. The number of amides is 1. The Hall–Kier alpha value is -2.67. The van der Waals surface area contributed by atoms with Crippen molar-refractivity contribution in [2.75, 3.05) is 26.0 Å². The Morgan fingerprint density at radius 3 is 2.78 bits per heavy atom. The molecule has 1 amide bonds. The Labute approximate surface area is 133 Å². The first-order valence-corrected chi connectivity index (χ1v) is 7.15. The fourth-order valence-corrected chi connectivity index (χ4v) is 2.55. The molecule has 23 heavy (non-hydrogen) atoms. The molecule has 120 valence electrons. The number of fused-ring (bicyclic) bond motifs is 2. The summed E-state index contributed by atoms with van der Waals surface area (Å²) in [4.78, 5) is 30.2. The third-order valence-electron chi connectivity index (χ3n) is 3.84. The second kappa shape index (κ2) is 5.51. The van der Waals surface area contributed by atoms with E-state index in [1.807, 2.05) is 25.1 Å². The number of anilines is 1. The molecule has 3 rings (SSSR count). The smallest absolute Gasteiger partial charge is 0.253 e. The predicted molar refractivity (Wildman–Crippen MR) is 85.4 cm³/mol. The van der Waals surface area contributed by atoms with Gasteiger partial charge in [0.25, 0.3) is 5.91 Å². The van der Waals surface area contributed by atoms with Crippen molar-refractivity contribution in [1.82, 2.24) is 5.32 Å². The number of aliphatic hydroxyl groups excluding tert-OH is 1. The number of ether oxygens (including phenoxy) is 1. The van der Waals surface area contributed by atoms with Gasteiger partial charge in [0.05, 0.1) is 11.3 Å². The number of ketones is 1. The Morgan fingerprint density at radius 2 is 2.13 bits per heavy atom. The highest BCUT2D eigenvalue weighted by Gasteiger charge is 2.42. The summed E-state index contributed by atoms with van der Waals surface area (Å²) in [6.45, 7) is 0. The van der Waals surface area contributed by atoms with Crippen LogP contribution in [-0.4, -0.2) is 55.9 Å². The van der Waals surface area contributed by atoms with Gasteiger partial charge in [0.1, 0.15) is 11.4 Å². The third kappa shape index (κ3) is 2.49. The average Bonchev–Trinajstić information content (AvgIpc) is 2.55.